The van der Waals surface area contributed by atoms with E-state index in [1.165, 1.54) is 0 Å². The number of benzene rings is 1. The number of alkyl halides is 3. The second-order valence-electron chi connectivity index (χ2n) is 6.93. The number of phenols is 1. The molecule has 10 heteroatoms. The first-order valence-corrected chi connectivity index (χ1v) is 9.09. The molecule has 4 rings (SSSR count). The third kappa shape index (κ3) is 4.42. The Bertz CT molecular complexity index is 1080. The van der Waals surface area contributed by atoms with Crippen molar-refractivity contribution in [3.8, 4) is 23.0 Å². The van der Waals surface area contributed by atoms with E-state index in [0.717, 1.165) is 47.1 Å². The molecule has 0 radical (unpaired) electrons. The van der Waals surface area contributed by atoms with Gasteiger partial charge < -0.3 is 10.2 Å². The number of carboxylic acids is 1. The van der Waals surface area contributed by atoms with E-state index in [0.29, 0.717) is 11.7 Å². The van der Waals surface area contributed by atoms with Gasteiger partial charge in [0.1, 0.15) is 17.3 Å². The van der Waals surface area contributed by atoms with Gasteiger partial charge in [-0.05, 0) is 55.2 Å². The number of aromatic hydroxyl groups is 1. The number of rotatable bonds is 1. The number of phenolic OH excluding ortho intramolecular Hbond substituents is 1. The minimum absolute atomic E-state index is 0.294. The molecule has 2 N–H and O–H groups in total. The zero-order chi connectivity index (χ0) is 22.1. The fourth-order valence-corrected chi connectivity index (χ4v) is 3.21. The van der Waals surface area contributed by atoms with E-state index in [1.807, 2.05) is 37.3 Å². The molecule has 1 aromatic carbocycles. The Morgan fingerprint density at radius 2 is 1.90 bits per heavy atom. The highest BCUT2D eigenvalue weighted by Gasteiger charge is 2.38. The molecule has 30 heavy (non-hydrogen) atoms. The molecule has 1 aliphatic rings. The molecule has 0 saturated carbocycles. The summed E-state index contributed by atoms with van der Waals surface area (Å²) in [6.45, 7) is 4.15. The number of carboxylic acid groups (broad SMARTS) is 1. The van der Waals surface area contributed by atoms with Crippen LogP contribution in [0.15, 0.2) is 36.4 Å². The molecule has 0 bridgehead atoms. The Hall–Kier alpha value is -3.43. The highest BCUT2D eigenvalue weighted by atomic mass is 19.4. The van der Waals surface area contributed by atoms with E-state index in [9.17, 15) is 18.3 Å². The van der Waals surface area contributed by atoms with Crippen molar-refractivity contribution in [2.24, 2.45) is 0 Å². The predicted molar refractivity (Wildman–Crippen MR) is 101 cm³/mol. The van der Waals surface area contributed by atoms with Crippen molar-refractivity contribution < 1.29 is 28.2 Å². The summed E-state index contributed by atoms with van der Waals surface area (Å²) in [6, 6.07) is 11.4. The Kier molecular flexibility index (Phi) is 5.77. The average Bonchev–Trinajstić information content (AvgIpc) is 3.04. The van der Waals surface area contributed by atoms with Crippen LogP contribution in [0.5, 0.6) is 5.75 Å². The van der Waals surface area contributed by atoms with Crippen LogP contribution in [-0.2, 0) is 11.2 Å². The Morgan fingerprint density at radius 1 is 1.20 bits per heavy atom. The molecule has 1 aliphatic heterocycles. The maximum absolute atomic E-state index is 10.6. The lowest BCUT2D eigenvalue weighted by Gasteiger charge is -2.15. The molecule has 3 aromatic rings. The number of fused-ring (bicyclic) bond motifs is 3. The number of aryl methyl sites for hydroxylation is 2. The SMILES string of the molecule is Cc1cccc(-c2nnc3n2-c2ccc(O)cc2C(C)CC3)n1.O=C(O)C(F)(F)F. The predicted octanol–water partition coefficient (Wildman–Crippen LogP) is 4.03. The first-order chi connectivity index (χ1) is 14.1. The lowest BCUT2D eigenvalue weighted by Crippen LogP contribution is -2.21. The van der Waals surface area contributed by atoms with Gasteiger partial charge in [-0.15, -0.1) is 10.2 Å². The van der Waals surface area contributed by atoms with Gasteiger partial charge in [0.15, 0.2) is 5.82 Å². The van der Waals surface area contributed by atoms with Crippen LogP contribution in [0.1, 0.15) is 36.3 Å². The number of aromatic nitrogens is 4. The van der Waals surface area contributed by atoms with Gasteiger partial charge in [-0.3, -0.25) is 4.57 Å². The van der Waals surface area contributed by atoms with Gasteiger partial charge in [0.05, 0.1) is 5.69 Å². The van der Waals surface area contributed by atoms with Crippen LogP contribution < -0.4 is 0 Å². The fourth-order valence-electron chi connectivity index (χ4n) is 3.21. The van der Waals surface area contributed by atoms with Gasteiger partial charge >= 0.3 is 12.1 Å². The molecule has 1 unspecified atom stereocenters. The molecule has 1 atom stereocenters. The van der Waals surface area contributed by atoms with Crippen molar-refractivity contribution in [1.82, 2.24) is 19.7 Å². The molecule has 0 aliphatic carbocycles. The standard InChI is InChI=1S/C18H18N4O.C2HF3O2/c1-11-6-9-17-20-21-18(15-5-3-4-12(2)19-15)22(17)16-8-7-13(23)10-14(11)16;3-2(4,5)1(6)7/h3-5,7-8,10-11,23H,6,9H2,1-2H3;(H,6,7). The van der Waals surface area contributed by atoms with Gasteiger partial charge in [-0.2, -0.15) is 13.2 Å². The molecule has 158 valence electrons. The number of pyridine rings is 1. The summed E-state index contributed by atoms with van der Waals surface area (Å²) >= 11 is 0. The van der Waals surface area contributed by atoms with Gasteiger partial charge in [0.25, 0.3) is 0 Å². The van der Waals surface area contributed by atoms with Crippen LogP contribution in [0, 0.1) is 6.92 Å². The summed E-state index contributed by atoms with van der Waals surface area (Å²) in [5, 5.41) is 25.8. The van der Waals surface area contributed by atoms with Crippen molar-refractivity contribution in [2.75, 3.05) is 0 Å². The van der Waals surface area contributed by atoms with Crippen LogP contribution in [0.4, 0.5) is 13.2 Å². The summed E-state index contributed by atoms with van der Waals surface area (Å²) in [7, 11) is 0. The number of carbonyl (C=O) groups is 1. The molecule has 7 nitrogen and oxygen atoms in total. The molecule has 0 saturated heterocycles. The fraction of sp³-hybridized carbons (Fsp3) is 0.300. The van der Waals surface area contributed by atoms with Crippen molar-refractivity contribution >= 4 is 5.97 Å². The third-order valence-electron chi connectivity index (χ3n) is 4.67. The van der Waals surface area contributed by atoms with E-state index in [1.54, 1.807) is 6.07 Å². The smallest absolute Gasteiger partial charge is 0.490 e. The van der Waals surface area contributed by atoms with Gasteiger partial charge in [0.2, 0.25) is 0 Å². The maximum atomic E-state index is 10.6. The topological polar surface area (TPSA) is 101 Å². The first kappa shape index (κ1) is 21.3. The van der Waals surface area contributed by atoms with Crippen LogP contribution in [-0.4, -0.2) is 42.1 Å². The maximum Gasteiger partial charge on any atom is 0.490 e. The van der Waals surface area contributed by atoms with Crippen molar-refractivity contribution in [2.45, 2.75) is 38.8 Å². The average molecular weight is 420 g/mol. The number of hydrogen-bond acceptors (Lipinski definition) is 5. The minimum atomic E-state index is -5.08. The number of hydrogen-bond donors (Lipinski definition) is 2. The second-order valence-corrected chi connectivity index (χ2v) is 6.93. The zero-order valence-corrected chi connectivity index (χ0v) is 16.2. The third-order valence-corrected chi connectivity index (χ3v) is 4.67. The highest BCUT2D eigenvalue weighted by Crippen LogP contribution is 2.35. The van der Waals surface area contributed by atoms with Gasteiger partial charge in [-0.25, -0.2) is 9.78 Å². The normalized spacial score (nSPS) is 15.3. The van der Waals surface area contributed by atoms with E-state index in [2.05, 4.69) is 26.7 Å². The van der Waals surface area contributed by atoms with Crippen LogP contribution >= 0.6 is 0 Å². The quantitative estimate of drug-likeness (QED) is 0.617. The van der Waals surface area contributed by atoms with E-state index >= 15 is 0 Å². The lowest BCUT2D eigenvalue weighted by molar-refractivity contribution is -0.192. The largest absolute Gasteiger partial charge is 0.508 e. The molecule has 2 aromatic heterocycles. The molecule has 0 amide bonds. The van der Waals surface area contributed by atoms with Crippen LogP contribution in [0.25, 0.3) is 17.2 Å². The molecule has 3 heterocycles. The summed E-state index contributed by atoms with van der Waals surface area (Å²) in [5.74, 6) is -0.406. The van der Waals surface area contributed by atoms with Gasteiger partial charge in [-0.1, -0.05) is 13.0 Å². The Balaban J connectivity index is 0.000000318. The van der Waals surface area contributed by atoms with E-state index in [4.69, 9.17) is 9.90 Å². The summed E-state index contributed by atoms with van der Waals surface area (Å²) in [5.41, 5.74) is 3.92. The van der Waals surface area contributed by atoms with Crippen LogP contribution in [0.3, 0.4) is 0 Å². The first-order valence-electron chi connectivity index (χ1n) is 9.09. The zero-order valence-electron chi connectivity index (χ0n) is 16.2. The van der Waals surface area contributed by atoms with Crippen molar-refractivity contribution in [3.05, 3.63) is 53.5 Å². The van der Waals surface area contributed by atoms with Crippen molar-refractivity contribution in [1.29, 1.82) is 0 Å². The number of aliphatic carboxylic acids is 1. The van der Waals surface area contributed by atoms with Crippen LogP contribution in [0.2, 0.25) is 0 Å². The molecule has 0 spiro atoms. The highest BCUT2D eigenvalue weighted by molar-refractivity contribution is 5.73. The number of nitrogens with zero attached hydrogens (tertiary/aromatic N) is 4. The summed E-state index contributed by atoms with van der Waals surface area (Å²) in [4.78, 5) is 13.5. The van der Waals surface area contributed by atoms with Crippen molar-refractivity contribution in [3.63, 3.8) is 0 Å². The monoisotopic (exact) mass is 420 g/mol. The number of halogens is 3. The molecule has 0 fully saturated rings. The van der Waals surface area contributed by atoms with E-state index in [-0.39, 0.29) is 0 Å². The molecular formula is C20H19F3N4O3. The lowest BCUT2D eigenvalue weighted by atomic mass is 9.95. The Morgan fingerprint density at radius 3 is 2.53 bits per heavy atom. The minimum Gasteiger partial charge on any atom is -0.508 e. The van der Waals surface area contributed by atoms with E-state index < -0.39 is 12.1 Å². The van der Waals surface area contributed by atoms with Gasteiger partial charge in [0, 0.05) is 12.1 Å². The summed E-state index contributed by atoms with van der Waals surface area (Å²) in [6.07, 6.45) is -3.24. The second kappa shape index (κ2) is 8.13. The summed E-state index contributed by atoms with van der Waals surface area (Å²) < 4.78 is 33.8. The molecular weight excluding hydrogens is 401 g/mol. The Labute approximate surface area is 169 Å².